The standard InChI is InChI=1S/C13H15NO/c1-14-9-5-8-12(14)13(15)10-11-6-3-2-4-7-11/h2-9,13,15H,10H2,1H3. The van der Waals surface area contributed by atoms with E-state index in [2.05, 4.69) is 0 Å². The van der Waals surface area contributed by atoms with Gasteiger partial charge in [-0.2, -0.15) is 0 Å². The van der Waals surface area contributed by atoms with Gasteiger partial charge < -0.3 is 9.67 Å². The molecular weight excluding hydrogens is 186 g/mol. The average molecular weight is 201 g/mol. The van der Waals surface area contributed by atoms with Crippen LogP contribution in [0.1, 0.15) is 17.4 Å². The van der Waals surface area contributed by atoms with E-state index in [9.17, 15) is 5.11 Å². The second-order valence-electron chi connectivity index (χ2n) is 3.75. The summed E-state index contributed by atoms with van der Waals surface area (Å²) in [6.07, 6.45) is 2.19. The summed E-state index contributed by atoms with van der Waals surface area (Å²) in [4.78, 5) is 0. The molecule has 1 atom stereocenters. The SMILES string of the molecule is Cn1cccc1C(O)Cc1ccccc1. The van der Waals surface area contributed by atoms with E-state index < -0.39 is 6.10 Å². The monoisotopic (exact) mass is 201 g/mol. The zero-order valence-corrected chi connectivity index (χ0v) is 8.80. The van der Waals surface area contributed by atoms with E-state index in [0.29, 0.717) is 6.42 Å². The van der Waals surface area contributed by atoms with E-state index in [-0.39, 0.29) is 0 Å². The fourth-order valence-corrected chi connectivity index (χ4v) is 1.76. The zero-order chi connectivity index (χ0) is 10.7. The molecule has 0 spiro atoms. The molecule has 1 aromatic carbocycles. The van der Waals surface area contributed by atoms with Crippen LogP contribution in [0.3, 0.4) is 0 Å². The Labute approximate surface area is 89.8 Å². The quantitative estimate of drug-likeness (QED) is 0.810. The molecular formula is C13H15NO. The summed E-state index contributed by atoms with van der Waals surface area (Å²) in [5, 5.41) is 10.0. The molecule has 2 rings (SSSR count). The summed E-state index contributed by atoms with van der Waals surface area (Å²) in [6, 6.07) is 13.9. The lowest BCUT2D eigenvalue weighted by Gasteiger charge is -2.11. The maximum absolute atomic E-state index is 10.0. The summed E-state index contributed by atoms with van der Waals surface area (Å²) in [5.74, 6) is 0. The molecule has 2 nitrogen and oxygen atoms in total. The third kappa shape index (κ3) is 2.28. The highest BCUT2D eigenvalue weighted by atomic mass is 16.3. The minimum atomic E-state index is -0.424. The first kappa shape index (κ1) is 9.99. The minimum Gasteiger partial charge on any atom is -0.387 e. The Morgan fingerprint density at radius 1 is 1.13 bits per heavy atom. The van der Waals surface area contributed by atoms with E-state index in [1.165, 1.54) is 0 Å². The number of rotatable bonds is 3. The second kappa shape index (κ2) is 4.32. The average Bonchev–Trinajstić information content (AvgIpc) is 2.66. The van der Waals surface area contributed by atoms with E-state index >= 15 is 0 Å². The molecule has 1 unspecified atom stereocenters. The molecule has 0 saturated carbocycles. The molecule has 2 heteroatoms. The van der Waals surface area contributed by atoms with Gasteiger partial charge in [0.25, 0.3) is 0 Å². The molecule has 2 aromatic rings. The van der Waals surface area contributed by atoms with Crippen LogP contribution in [0.15, 0.2) is 48.7 Å². The summed E-state index contributed by atoms with van der Waals surface area (Å²) in [5.41, 5.74) is 2.12. The third-order valence-corrected chi connectivity index (χ3v) is 2.60. The van der Waals surface area contributed by atoms with Crippen molar-refractivity contribution in [3.63, 3.8) is 0 Å². The van der Waals surface area contributed by atoms with Crippen LogP contribution >= 0.6 is 0 Å². The Balaban J connectivity index is 2.11. The Morgan fingerprint density at radius 3 is 2.47 bits per heavy atom. The van der Waals surface area contributed by atoms with Gasteiger partial charge in [-0.05, 0) is 17.7 Å². The highest BCUT2D eigenvalue weighted by molar-refractivity contribution is 5.19. The lowest BCUT2D eigenvalue weighted by atomic mass is 10.1. The highest BCUT2D eigenvalue weighted by Crippen LogP contribution is 2.17. The predicted octanol–water partition coefficient (Wildman–Crippen LogP) is 2.30. The maximum atomic E-state index is 10.0. The van der Waals surface area contributed by atoms with Crippen LogP contribution in [0.25, 0.3) is 0 Å². The molecule has 0 radical (unpaired) electrons. The van der Waals surface area contributed by atoms with Crippen molar-refractivity contribution in [3.8, 4) is 0 Å². The Bertz CT molecular complexity index is 419. The third-order valence-electron chi connectivity index (χ3n) is 2.60. The van der Waals surface area contributed by atoms with Gasteiger partial charge in [0.1, 0.15) is 0 Å². The van der Waals surface area contributed by atoms with Crippen molar-refractivity contribution in [1.82, 2.24) is 4.57 Å². The molecule has 0 aliphatic carbocycles. The van der Waals surface area contributed by atoms with Gasteiger partial charge in [-0.3, -0.25) is 0 Å². The molecule has 78 valence electrons. The molecule has 0 fully saturated rings. The second-order valence-corrected chi connectivity index (χ2v) is 3.75. The first-order valence-corrected chi connectivity index (χ1v) is 5.10. The minimum absolute atomic E-state index is 0.424. The molecule has 1 N–H and O–H groups in total. The van der Waals surface area contributed by atoms with Crippen LogP contribution in [0, 0.1) is 0 Å². The Hall–Kier alpha value is -1.54. The van der Waals surface area contributed by atoms with Gasteiger partial charge in [0.2, 0.25) is 0 Å². The smallest absolute Gasteiger partial charge is 0.0979 e. The van der Waals surface area contributed by atoms with Gasteiger partial charge in [0.15, 0.2) is 0 Å². The van der Waals surface area contributed by atoms with Crippen molar-refractivity contribution in [2.75, 3.05) is 0 Å². The lowest BCUT2D eigenvalue weighted by molar-refractivity contribution is 0.170. The zero-order valence-electron chi connectivity index (χ0n) is 8.80. The fraction of sp³-hybridized carbons (Fsp3) is 0.231. The molecule has 0 bridgehead atoms. The van der Waals surface area contributed by atoms with Crippen molar-refractivity contribution < 1.29 is 5.11 Å². The normalized spacial score (nSPS) is 12.7. The summed E-state index contributed by atoms with van der Waals surface area (Å²) in [6.45, 7) is 0. The number of aryl methyl sites for hydroxylation is 1. The lowest BCUT2D eigenvalue weighted by Crippen LogP contribution is -2.06. The summed E-state index contributed by atoms with van der Waals surface area (Å²) < 4.78 is 1.95. The summed E-state index contributed by atoms with van der Waals surface area (Å²) in [7, 11) is 1.95. The molecule has 1 aromatic heterocycles. The van der Waals surface area contributed by atoms with Crippen LogP contribution in [0.4, 0.5) is 0 Å². The van der Waals surface area contributed by atoms with Crippen LogP contribution in [0.2, 0.25) is 0 Å². The molecule has 1 heterocycles. The first-order chi connectivity index (χ1) is 7.27. The fourth-order valence-electron chi connectivity index (χ4n) is 1.76. The van der Waals surface area contributed by atoms with E-state index in [1.54, 1.807) is 0 Å². The van der Waals surface area contributed by atoms with Crippen molar-refractivity contribution in [1.29, 1.82) is 0 Å². The van der Waals surface area contributed by atoms with Gasteiger partial charge in [-0.1, -0.05) is 30.3 Å². The van der Waals surface area contributed by atoms with Gasteiger partial charge >= 0.3 is 0 Å². The maximum Gasteiger partial charge on any atom is 0.0979 e. The highest BCUT2D eigenvalue weighted by Gasteiger charge is 2.10. The van der Waals surface area contributed by atoms with Crippen LogP contribution in [0.5, 0.6) is 0 Å². The number of aliphatic hydroxyl groups is 1. The van der Waals surface area contributed by atoms with Crippen LogP contribution in [-0.2, 0) is 13.5 Å². The first-order valence-electron chi connectivity index (χ1n) is 5.10. The number of nitrogens with zero attached hydrogens (tertiary/aromatic N) is 1. The molecule has 0 aliphatic heterocycles. The van der Waals surface area contributed by atoms with E-state index in [0.717, 1.165) is 11.3 Å². The van der Waals surface area contributed by atoms with Gasteiger partial charge in [-0.15, -0.1) is 0 Å². The Kier molecular flexibility index (Phi) is 2.88. The van der Waals surface area contributed by atoms with Crippen molar-refractivity contribution >= 4 is 0 Å². The predicted molar refractivity (Wildman–Crippen MR) is 60.5 cm³/mol. The van der Waals surface area contributed by atoms with Crippen molar-refractivity contribution in [2.24, 2.45) is 7.05 Å². The van der Waals surface area contributed by atoms with Gasteiger partial charge in [0, 0.05) is 25.4 Å². The number of hydrogen-bond donors (Lipinski definition) is 1. The van der Waals surface area contributed by atoms with Crippen molar-refractivity contribution in [3.05, 3.63) is 59.9 Å². The molecule has 0 saturated heterocycles. The number of hydrogen-bond acceptors (Lipinski definition) is 1. The Morgan fingerprint density at radius 2 is 1.87 bits per heavy atom. The van der Waals surface area contributed by atoms with Crippen LogP contribution in [-0.4, -0.2) is 9.67 Å². The van der Waals surface area contributed by atoms with Crippen molar-refractivity contribution in [2.45, 2.75) is 12.5 Å². The topological polar surface area (TPSA) is 25.2 Å². The summed E-state index contributed by atoms with van der Waals surface area (Å²) >= 11 is 0. The molecule has 0 amide bonds. The largest absolute Gasteiger partial charge is 0.387 e. The molecule has 0 aliphatic rings. The van der Waals surface area contributed by atoms with E-state index in [1.807, 2.05) is 60.3 Å². The van der Waals surface area contributed by atoms with Crippen LogP contribution < -0.4 is 0 Å². The molecule has 15 heavy (non-hydrogen) atoms. The number of aromatic nitrogens is 1. The van der Waals surface area contributed by atoms with Gasteiger partial charge in [-0.25, -0.2) is 0 Å². The van der Waals surface area contributed by atoms with E-state index in [4.69, 9.17) is 0 Å². The number of aliphatic hydroxyl groups excluding tert-OH is 1. The number of benzene rings is 1. The van der Waals surface area contributed by atoms with Gasteiger partial charge in [0.05, 0.1) is 6.10 Å².